The van der Waals surface area contributed by atoms with Crippen LogP contribution in [0.5, 0.6) is 6.01 Å². The number of halogens is 4. The van der Waals surface area contributed by atoms with Crippen molar-refractivity contribution in [2.75, 3.05) is 11.4 Å². The molecule has 1 aliphatic heterocycles. The summed E-state index contributed by atoms with van der Waals surface area (Å²) in [4.78, 5) is 27.7. The Balaban J connectivity index is 1.35. The van der Waals surface area contributed by atoms with Gasteiger partial charge in [0.15, 0.2) is 0 Å². The third-order valence-electron chi connectivity index (χ3n) is 6.57. The number of aromatic amines is 1. The van der Waals surface area contributed by atoms with E-state index in [2.05, 4.69) is 15.0 Å². The second-order valence-corrected chi connectivity index (χ2v) is 9.18. The molecular formula is C28H21F4N5O2. The van der Waals surface area contributed by atoms with Crippen LogP contribution in [-0.2, 0) is 25.7 Å². The number of alkyl halides is 3. The number of para-hydroxylation sites is 1. The van der Waals surface area contributed by atoms with Crippen LogP contribution in [0.3, 0.4) is 0 Å². The highest BCUT2D eigenvalue weighted by Gasteiger charge is 2.31. The van der Waals surface area contributed by atoms with Crippen molar-refractivity contribution in [3.05, 3.63) is 111 Å². The molecule has 0 saturated heterocycles. The molecule has 6 rings (SSSR count). The van der Waals surface area contributed by atoms with E-state index in [4.69, 9.17) is 4.74 Å². The van der Waals surface area contributed by atoms with Crippen LogP contribution in [0.25, 0.3) is 16.7 Å². The Hall–Kier alpha value is -4.67. The summed E-state index contributed by atoms with van der Waals surface area (Å²) in [5, 5.41) is 0. The monoisotopic (exact) mass is 535 g/mol. The molecule has 0 aliphatic carbocycles. The highest BCUT2D eigenvalue weighted by Crippen LogP contribution is 2.32. The predicted octanol–water partition coefficient (Wildman–Crippen LogP) is 5.41. The Morgan fingerprint density at radius 2 is 1.79 bits per heavy atom. The summed E-state index contributed by atoms with van der Waals surface area (Å²) in [6.45, 7) is 0.606. The number of anilines is 1. The lowest BCUT2D eigenvalue weighted by Gasteiger charge is -2.28. The van der Waals surface area contributed by atoms with E-state index in [0.717, 1.165) is 12.1 Å². The quantitative estimate of drug-likeness (QED) is 0.305. The van der Waals surface area contributed by atoms with Crippen LogP contribution < -0.4 is 15.2 Å². The summed E-state index contributed by atoms with van der Waals surface area (Å²) in [5.41, 5.74) is 1.68. The molecule has 39 heavy (non-hydrogen) atoms. The van der Waals surface area contributed by atoms with Crippen molar-refractivity contribution >= 4 is 17.0 Å². The van der Waals surface area contributed by atoms with Gasteiger partial charge in [0.05, 0.1) is 40.1 Å². The molecule has 0 amide bonds. The fourth-order valence-corrected chi connectivity index (χ4v) is 4.63. The van der Waals surface area contributed by atoms with E-state index in [1.54, 1.807) is 41.3 Å². The summed E-state index contributed by atoms with van der Waals surface area (Å²) < 4.78 is 60.4. The van der Waals surface area contributed by atoms with Crippen molar-refractivity contribution < 1.29 is 22.3 Å². The SMILES string of the molecule is O=c1c2c(nc(OCc3cccc(F)c3)n1-c1ccccc1)CCN(c1nc3ccc(C(F)(F)F)cc3[nH]1)C2. The summed E-state index contributed by atoms with van der Waals surface area (Å²) in [6, 6.07) is 18.3. The first-order chi connectivity index (χ1) is 18.8. The van der Waals surface area contributed by atoms with Gasteiger partial charge in [-0.3, -0.25) is 4.79 Å². The van der Waals surface area contributed by atoms with Gasteiger partial charge in [-0.25, -0.2) is 18.9 Å². The van der Waals surface area contributed by atoms with E-state index >= 15 is 0 Å². The highest BCUT2D eigenvalue weighted by atomic mass is 19.4. The van der Waals surface area contributed by atoms with Gasteiger partial charge in [-0.05, 0) is 48.0 Å². The molecule has 198 valence electrons. The van der Waals surface area contributed by atoms with Crippen LogP contribution in [0.1, 0.15) is 22.4 Å². The number of hydrogen-bond acceptors (Lipinski definition) is 5. The van der Waals surface area contributed by atoms with E-state index < -0.39 is 17.6 Å². The van der Waals surface area contributed by atoms with Crippen LogP contribution in [0.15, 0.2) is 77.6 Å². The van der Waals surface area contributed by atoms with Crippen molar-refractivity contribution in [3.8, 4) is 11.7 Å². The Morgan fingerprint density at radius 1 is 0.974 bits per heavy atom. The van der Waals surface area contributed by atoms with Crippen molar-refractivity contribution in [2.24, 2.45) is 0 Å². The number of aromatic nitrogens is 4. The maximum Gasteiger partial charge on any atom is 0.416 e. The smallest absolute Gasteiger partial charge is 0.416 e. The second kappa shape index (κ2) is 9.57. The predicted molar refractivity (Wildman–Crippen MR) is 136 cm³/mol. The molecule has 3 heterocycles. The van der Waals surface area contributed by atoms with E-state index in [0.29, 0.717) is 46.9 Å². The molecule has 5 aromatic rings. The third kappa shape index (κ3) is 4.83. The molecule has 0 atom stereocenters. The van der Waals surface area contributed by atoms with Gasteiger partial charge in [0.25, 0.3) is 5.56 Å². The molecule has 0 radical (unpaired) electrons. The van der Waals surface area contributed by atoms with Crippen LogP contribution >= 0.6 is 0 Å². The van der Waals surface area contributed by atoms with Gasteiger partial charge in [0, 0.05) is 13.0 Å². The first kappa shape index (κ1) is 24.7. The van der Waals surface area contributed by atoms with Crippen LogP contribution in [0, 0.1) is 5.82 Å². The molecule has 0 spiro atoms. The van der Waals surface area contributed by atoms with Gasteiger partial charge >= 0.3 is 12.2 Å². The Labute approximate surface area is 219 Å². The zero-order valence-electron chi connectivity index (χ0n) is 20.4. The maximum atomic E-state index is 13.8. The van der Waals surface area contributed by atoms with Crippen LogP contribution in [-0.4, -0.2) is 26.1 Å². The van der Waals surface area contributed by atoms with Gasteiger partial charge in [0.2, 0.25) is 5.95 Å². The van der Waals surface area contributed by atoms with E-state index in [-0.39, 0.29) is 30.2 Å². The van der Waals surface area contributed by atoms with Gasteiger partial charge < -0.3 is 14.6 Å². The average Bonchev–Trinajstić information content (AvgIpc) is 3.36. The number of nitrogens with zero attached hydrogens (tertiary/aromatic N) is 4. The maximum absolute atomic E-state index is 13.8. The molecule has 11 heteroatoms. The Morgan fingerprint density at radius 3 is 2.56 bits per heavy atom. The number of rotatable bonds is 5. The Bertz CT molecular complexity index is 1730. The van der Waals surface area contributed by atoms with E-state index in [1.165, 1.54) is 22.8 Å². The van der Waals surface area contributed by atoms with Crippen LogP contribution in [0.4, 0.5) is 23.5 Å². The number of H-pyrrole nitrogens is 1. The summed E-state index contributed by atoms with van der Waals surface area (Å²) in [5.74, 6) is -0.0256. The number of ether oxygens (including phenoxy) is 1. The molecule has 1 N–H and O–H groups in total. The van der Waals surface area contributed by atoms with E-state index in [1.807, 2.05) is 6.07 Å². The molecule has 0 saturated carbocycles. The largest absolute Gasteiger partial charge is 0.459 e. The number of fused-ring (bicyclic) bond motifs is 2. The lowest BCUT2D eigenvalue weighted by Crippen LogP contribution is -2.38. The second-order valence-electron chi connectivity index (χ2n) is 9.18. The first-order valence-electron chi connectivity index (χ1n) is 12.2. The number of nitrogens with one attached hydrogen (secondary N) is 1. The first-order valence-corrected chi connectivity index (χ1v) is 12.2. The molecule has 1 aliphatic rings. The zero-order chi connectivity index (χ0) is 27.1. The highest BCUT2D eigenvalue weighted by molar-refractivity contribution is 5.78. The van der Waals surface area contributed by atoms with Crippen molar-refractivity contribution in [1.29, 1.82) is 0 Å². The molecular weight excluding hydrogens is 514 g/mol. The lowest BCUT2D eigenvalue weighted by atomic mass is 10.1. The minimum atomic E-state index is -4.47. The van der Waals surface area contributed by atoms with Crippen molar-refractivity contribution in [3.63, 3.8) is 0 Å². The zero-order valence-corrected chi connectivity index (χ0v) is 20.4. The molecule has 0 fully saturated rings. The normalized spacial score (nSPS) is 13.5. The number of hydrogen-bond donors (Lipinski definition) is 1. The summed E-state index contributed by atoms with van der Waals surface area (Å²) in [7, 11) is 0. The minimum absolute atomic E-state index is 0.0147. The van der Waals surface area contributed by atoms with Crippen molar-refractivity contribution in [2.45, 2.75) is 25.7 Å². The molecule has 7 nitrogen and oxygen atoms in total. The fourth-order valence-electron chi connectivity index (χ4n) is 4.63. The number of imidazole rings is 1. The van der Waals surface area contributed by atoms with Gasteiger partial charge in [-0.1, -0.05) is 30.3 Å². The topological polar surface area (TPSA) is 76.0 Å². The Kier molecular flexibility index (Phi) is 6.05. The fraction of sp³-hybridized carbons (Fsp3) is 0.179. The van der Waals surface area contributed by atoms with Crippen LogP contribution in [0.2, 0.25) is 0 Å². The third-order valence-corrected chi connectivity index (χ3v) is 6.57. The standard InChI is InChI=1S/C28H21F4N5O2/c29-19-6-4-5-17(13-19)16-39-27-35-22-11-12-36(15-21(22)25(38)37(27)20-7-2-1-3-8-20)26-33-23-10-9-18(28(30,31)32)14-24(23)34-26/h1-10,13-14H,11-12,15-16H2,(H,33,34). The lowest BCUT2D eigenvalue weighted by molar-refractivity contribution is -0.137. The molecule has 3 aromatic carbocycles. The van der Waals surface area contributed by atoms with Gasteiger partial charge in [-0.2, -0.15) is 13.2 Å². The summed E-state index contributed by atoms with van der Waals surface area (Å²) >= 11 is 0. The minimum Gasteiger partial charge on any atom is -0.459 e. The molecule has 2 aromatic heterocycles. The van der Waals surface area contributed by atoms with E-state index in [9.17, 15) is 22.4 Å². The number of benzene rings is 3. The van der Waals surface area contributed by atoms with Crippen molar-refractivity contribution in [1.82, 2.24) is 19.5 Å². The van der Waals surface area contributed by atoms with Gasteiger partial charge in [0.1, 0.15) is 12.4 Å². The average molecular weight is 536 g/mol. The molecule has 0 bridgehead atoms. The molecule has 0 unspecified atom stereocenters. The van der Waals surface area contributed by atoms with Gasteiger partial charge in [-0.15, -0.1) is 0 Å². The summed E-state index contributed by atoms with van der Waals surface area (Å²) in [6.07, 6.45) is -4.08.